The molecule has 172 valence electrons. The second-order valence-electron chi connectivity index (χ2n) is 7.67. The maximum Gasteiger partial charge on any atom is 0.343 e. The molecule has 0 amide bonds. The van der Waals surface area contributed by atoms with Crippen molar-refractivity contribution in [1.29, 1.82) is 0 Å². The van der Waals surface area contributed by atoms with Gasteiger partial charge in [-0.1, -0.05) is 54.2 Å². The van der Waals surface area contributed by atoms with Gasteiger partial charge < -0.3 is 4.74 Å². The molecular weight excluding hydrogens is 466 g/mol. The lowest BCUT2D eigenvalue weighted by Gasteiger charge is -2.09. The summed E-state index contributed by atoms with van der Waals surface area (Å²) in [4.78, 5) is 34.0. The number of esters is 1. The highest BCUT2D eigenvalue weighted by molar-refractivity contribution is 7.98. The van der Waals surface area contributed by atoms with E-state index in [-0.39, 0.29) is 16.8 Å². The van der Waals surface area contributed by atoms with Gasteiger partial charge in [0, 0.05) is 29.0 Å². The van der Waals surface area contributed by atoms with Crippen molar-refractivity contribution >= 4 is 39.9 Å². The molecule has 4 aromatic heterocycles. The SMILES string of the molecule is COC(=O)c1c[nH]n2c(=O)cc(CSc3nnc4c5ccccc5nc(-c5ccccc5)n34)nc12. The summed E-state index contributed by atoms with van der Waals surface area (Å²) in [7, 11) is 1.28. The van der Waals surface area contributed by atoms with Crippen LogP contribution in [0.25, 0.3) is 33.6 Å². The van der Waals surface area contributed by atoms with Crippen molar-refractivity contribution in [3.05, 3.63) is 88.5 Å². The van der Waals surface area contributed by atoms with Crippen molar-refractivity contribution in [2.24, 2.45) is 0 Å². The number of para-hydroxylation sites is 1. The number of carbonyl (C=O) groups is 1. The Balaban J connectivity index is 1.45. The van der Waals surface area contributed by atoms with Crippen molar-refractivity contribution in [2.75, 3.05) is 7.11 Å². The van der Waals surface area contributed by atoms with E-state index in [1.165, 1.54) is 35.7 Å². The van der Waals surface area contributed by atoms with Gasteiger partial charge >= 0.3 is 5.97 Å². The zero-order valence-corrected chi connectivity index (χ0v) is 19.2. The van der Waals surface area contributed by atoms with Crippen molar-refractivity contribution in [2.45, 2.75) is 10.9 Å². The van der Waals surface area contributed by atoms with Gasteiger partial charge in [0.1, 0.15) is 11.4 Å². The summed E-state index contributed by atoms with van der Waals surface area (Å²) in [5, 5.41) is 13.1. The first-order chi connectivity index (χ1) is 17.1. The number of H-pyrrole nitrogens is 1. The van der Waals surface area contributed by atoms with Crippen molar-refractivity contribution in [3.8, 4) is 11.4 Å². The summed E-state index contributed by atoms with van der Waals surface area (Å²) < 4.78 is 7.92. The molecule has 0 bridgehead atoms. The molecule has 6 rings (SSSR count). The van der Waals surface area contributed by atoms with Crippen LogP contribution in [0.5, 0.6) is 0 Å². The number of nitrogens with one attached hydrogen (secondary N) is 1. The molecule has 0 atom stereocenters. The molecule has 11 heteroatoms. The van der Waals surface area contributed by atoms with E-state index in [0.29, 0.717) is 28.1 Å². The normalized spacial score (nSPS) is 11.5. The summed E-state index contributed by atoms with van der Waals surface area (Å²) in [5.74, 6) is 0.475. The number of aromatic amines is 1. The molecule has 0 radical (unpaired) electrons. The zero-order chi connectivity index (χ0) is 23.9. The molecule has 0 unspecified atom stereocenters. The standard InChI is InChI=1S/C24H17N7O3S/c1-34-23(33)17-12-25-31-19(32)11-15(26-21(17)31)13-35-24-29-28-22-16-9-5-6-10-18(16)27-20(30(22)24)14-7-3-2-4-8-14/h2-12,25H,13H2,1H3. The summed E-state index contributed by atoms with van der Waals surface area (Å²) in [6.07, 6.45) is 1.40. The van der Waals surface area contributed by atoms with Gasteiger partial charge in [-0.3, -0.25) is 14.3 Å². The van der Waals surface area contributed by atoms with E-state index >= 15 is 0 Å². The van der Waals surface area contributed by atoms with E-state index in [1.54, 1.807) is 0 Å². The molecule has 0 aliphatic carbocycles. The lowest BCUT2D eigenvalue weighted by Crippen LogP contribution is -2.16. The van der Waals surface area contributed by atoms with Crippen LogP contribution in [0.4, 0.5) is 0 Å². The Kier molecular flexibility index (Phi) is 5.03. The monoisotopic (exact) mass is 483 g/mol. The van der Waals surface area contributed by atoms with Gasteiger partial charge in [0.05, 0.1) is 18.3 Å². The number of nitrogens with zero attached hydrogens (tertiary/aromatic N) is 6. The molecule has 0 fully saturated rings. The van der Waals surface area contributed by atoms with Crippen LogP contribution in [0.1, 0.15) is 16.1 Å². The van der Waals surface area contributed by atoms with Crippen LogP contribution in [0, 0.1) is 0 Å². The van der Waals surface area contributed by atoms with E-state index in [1.807, 2.05) is 59.0 Å². The Bertz CT molecular complexity index is 1790. The second-order valence-corrected chi connectivity index (χ2v) is 8.61. The van der Waals surface area contributed by atoms with Crippen molar-refractivity contribution < 1.29 is 9.53 Å². The van der Waals surface area contributed by atoms with Gasteiger partial charge in [-0.15, -0.1) is 10.2 Å². The topological polar surface area (TPSA) is 120 Å². The summed E-state index contributed by atoms with van der Waals surface area (Å²) in [6.45, 7) is 0. The number of ether oxygens (including phenoxy) is 1. The molecule has 1 N–H and O–H groups in total. The van der Waals surface area contributed by atoms with Crippen LogP contribution >= 0.6 is 11.8 Å². The fraction of sp³-hybridized carbons (Fsp3) is 0.0833. The number of benzene rings is 2. The van der Waals surface area contributed by atoms with E-state index < -0.39 is 5.97 Å². The largest absolute Gasteiger partial charge is 0.465 e. The lowest BCUT2D eigenvalue weighted by molar-refractivity contribution is 0.0602. The smallest absolute Gasteiger partial charge is 0.343 e. The van der Waals surface area contributed by atoms with E-state index in [4.69, 9.17) is 9.72 Å². The number of hydrogen-bond acceptors (Lipinski definition) is 8. The highest BCUT2D eigenvalue weighted by atomic mass is 32.2. The maximum atomic E-state index is 12.6. The van der Waals surface area contributed by atoms with Gasteiger partial charge in [0.15, 0.2) is 16.5 Å². The third-order valence-electron chi connectivity index (χ3n) is 5.55. The number of carbonyl (C=O) groups excluding carboxylic acids is 1. The summed E-state index contributed by atoms with van der Waals surface area (Å²) in [5.41, 5.74) is 3.01. The molecule has 0 aliphatic rings. The molecule has 0 saturated heterocycles. The Morgan fingerprint density at radius 3 is 2.66 bits per heavy atom. The number of fused-ring (bicyclic) bond motifs is 4. The van der Waals surface area contributed by atoms with Crippen molar-refractivity contribution in [1.82, 2.24) is 34.2 Å². The van der Waals surface area contributed by atoms with Crippen LogP contribution < -0.4 is 5.56 Å². The minimum absolute atomic E-state index is 0.186. The minimum Gasteiger partial charge on any atom is -0.465 e. The van der Waals surface area contributed by atoms with Crippen molar-refractivity contribution in [3.63, 3.8) is 0 Å². The van der Waals surface area contributed by atoms with Gasteiger partial charge in [-0.25, -0.2) is 19.3 Å². The van der Waals surface area contributed by atoms with Crippen LogP contribution in [-0.2, 0) is 10.5 Å². The number of thioether (sulfide) groups is 1. The molecule has 0 saturated carbocycles. The third kappa shape index (κ3) is 3.53. The molecule has 0 aliphatic heterocycles. The Labute approximate surface area is 201 Å². The Morgan fingerprint density at radius 1 is 1.03 bits per heavy atom. The average molecular weight is 484 g/mol. The molecule has 35 heavy (non-hydrogen) atoms. The van der Waals surface area contributed by atoms with Gasteiger partial charge in [0.2, 0.25) is 0 Å². The predicted octanol–water partition coefficient (Wildman–Crippen LogP) is 3.36. The second kappa shape index (κ2) is 8.37. The molecule has 4 heterocycles. The number of rotatable bonds is 5. The quantitative estimate of drug-likeness (QED) is 0.293. The van der Waals surface area contributed by atoms with Gasteiger partial charge in [-0.2, -0.15) is 0 Å². The van der Waals surface area contributed by atoms with E-state index in [2.05, 4.69) is 20.3 Å². The van der Waals surface area contributed by atoms with Gasteiger partial charge in [0.25, 0.3) is 5.56 Å². The fourth-order valence-corrected chi connectivity index (χ4v) is 4.76. The number of aromatic nitrogens is 7. The predicted molar refractivity (Wildman–Crippen MR) is 130 cm³/mol. The average Bonchev–Trinajstić information content (AvgIpc) is 3.52. The first-order valence-electron chi connectivity index (χ1n) is 10.6. The van der Waals surface area contributed by atoms with E-state index in [0.717, 1.165) is 16.5 Å². The molecule has 0 spiro atoms. The van der Waals surface area contributed by atoms with Gasteiger partial charge in [-0.05, 0) is 12.1 Å². The fourth-order valence-electron chi connectivity index (χ4n) is 3.94. The minimum atomic E-state index is -0.575. The molecule has 2 aromatic carbocycles. The maximum absolute atomic E-state index is 12.6. The Hall–Kier alpha value is -4.51. The Morgan fingerprint density at radius 2 is 1.83 bits per heavy atom. The van der Waals surface area contributed by atoms with Crippen LogP contribution in [0.2, 0.25) is 0 Å². The van der Waals surface area contributed by atoms with Crippen LogP contribution in [0.3, 0.4) is 0 Å². The number of hydrogen-bond donors (Lipinski definition) is 1. The van der Waals surface area contributed by atoms with Crippen LogP contribution in [-0.4, -0.2) is 47.3 Å². The van der Waals surface area contributed by atoms with E-state index in [9.17, 15) is 9.59 Å². The third-order valence-corrected chi connectivity index (χ3v) is 6.52. The zero-order valence-electron chi connectivity index (χ0n) is 18.4. The highest BCUT2D eigenvalue weighted by Crippen LogP contribution is 2.30. The summed E-state index contributed by atoms with van der Waals surface area (Å²) in [6, 6.07) is 19.1. The summed E-state index contributed by atoms with van der Waals surface area (Å²) >= 11 is 1.38. The first-order valence-corrected chi connectivity index (χ1v) is 11.6. The highest BCUT2D eigenvalue weighted by Gasteiger charge is 2.19. The number of methoxy groups -OCH3 is 1. The molecule has 6 aromatic rings. The molecule has 10 nitrogen and oxygen atoms in total. The first kappa shape index (κ1) is 21.1. The molecular formula is C24H17N7O3S. The lowest BCUT2D eigenvalue weighted by atomic mass is 10.2. The van der Waals surface area contributed by atoms with Crippen LogP contribution in [0.15, 0.2) is 76.8 Å².